The molecule has 0 radical (unpaired) electrons. The SMILES string of the molecule is CC1CC(C)CN(Cc2ccc(CNC(=O)C(C)N)cc2)C1.Cl. The molecule has 0 aromatic heterocycles. The van der Waals surface area contributed by atoms with E-state index in [-0.39, 0.29) is 18.3 Å². The maximum absolute atomic E-state index is 11.5. The molecule has 0 spiro atoms. The third-order valence-corrected chi connectivity index (χ3v) is 4.25. The highest BCUT2D eigenvalue weighted by Crippen LogP contribution is 2.22. The topological polar surface area (TPSA) is 58.4 Å². The van der Waals surface area contributed by atoms with Gasteiger partial charge in [0.05, 0.1) is 6.04 Å². The first-order valence-corrected chi connectivity index (χ1v) is 8.27. The Morgan fingerprint density at radius 3 is 2.26 bits per heavy atom. The Hall–Kier alpha value is -1.10. The Morgan fingerprint density at radius 2 is 1.74 bits per heavy atom. The number of likely N-dealkylation sites (tertiary alicyclic amines) is 1. The number of hydrogen-bond acceptors (Lipinski definition) is 3. The summed E-state index contributed by atoms with van der Waals surface area (Å²) in [5.74, 6) is 1.47. The molecule has 130 valence electrons. The molecule has 3 unspecified atom stereocenters. The third kappa shape index (κ3) is 6.50. The maximum atomic E-state index is 11.5. The van der Waals surface area contributed by atoms with Crippen LogP contribution in [0.2, 0.25) is 0 Å². The van der Waals surface area contributed by atoms with Crippen LogP contribution < -0.4 is 11.1 Å². The predicted molar refractivity (Wildman–Crippen MR) is 97.4 cm³/mol. The molecule has 0 bridgehead atoms. The van der Waals surface area contributed by atoms with Gasteiger partial charge in [-0.25, -0.2) is 0 Å². The summed E-state index contributed by atoms with van der Waals surface area (Å²) in [5.41, 5.74) is 7.98. The summed E-state index contributed by atoms with van der Waals surface area (Å²) in [6.45, 7) is 10.3. The van der Waals surface area contributed by atoms with Crippen LogP contribution in [0.4, 0.5) is 0 Å². The van der Waals surface area contributed by atoms with E-state index >= 15 is 0 Å². The van der Waals surface area contributed by atoms with Crippen LogP contribution in [-0.4, -0.2) is 29.9 Å². The van der Waals surface area contributed by atoms with E-state index < -0.39 is 6.04 Å². The van der Waals surface area contributed by atoms with E-state index in [0.717, 1.165) is 23.9 Å². The second-order valence-corrected chi connectivity index (χ2v) is 6.96. The fourth-order valence-electron chi connectivity index (χ4n) is 3.29. The van der Waals surface area contributed by atoms with Crippen LogP contribution in [0.1, 0.15) is 38.3 Å². The van der Waals surface area contributed by atoms with Crippen molar-refractivity contribution in [3.05, 3.63) is 35.4 Å². The Labute approximate surface area is 146 Å². The van der Waals surface area contributed by atoms with Crippen LogP contribution in [0.3, 0.4) is 0 Å². The number of benzene rings is 1. The highest BCUT2D eigenvalue weighted by atomic mass is 35.5. The Morgan fingerprint density at radius 1 is 1.22 bits per heavy atom. The quantitative estimate of drug-likeness (QED) is 0.866. The first kappa shape index (κ1) is 19.9. The van der Waals surface area contributed by atoms with Crippen molar-refractivity contribution in [1.82, 2.24) is 10.2 Å². The van der Waals surface area contributed by atoms with Crippen molar-refractivity contribution in [2.45, 2.75) is 46.3 Å². The number of piperidine rings is 1. The van der Waals surface area contributed by atoms with Gasteiger partial charge in [-0.2, -0.15) is 0 Å². The van der Waals surface area contributed by atoms with Crippen molar-refractivity contribution < 1.29 is 4.79 Å². The van der Waals surface area contributed by atoms with Crippen LogP contribution >= 0.6 is 12.4 Å². The predicted octanol–water partition coefficient (Wildman–Crippen LogP) is 2.55. The minimum absolute atomic E-state index is 0. The number of carbonyl (C=O) groups is 1. The molecular formula is C18H30ClN3O. The highest BCUT2D eigenvalue weighted by molar-refractivity contribution is 5.85. The lowest BCUT2D eigenvalue weighted by molar-refractivity contribution is -0.122. The fourth-order valence-corrected chi connectivity index (χ4v) is 3.29. The number of carbonyl (C=O) groups excluding carboxylic acids is 1. The summed E-state index contributed by atoms with van der Waals surface area (Å²) in [6, 6.07) is 8.05. The lowest BCUT2D eigenvalue weighted by Gasteiger charge is -2.35. The maximum Gasteiger partial charge on any atom is 0.236 e. The Bertz CT molecular complexity index is 480. The van der Waals surface area contributed by atoms with E-state index in [2.05, 4.69) is 48.3 Å². The van der Waals surface area contributed by atoms with Crippen molar-refractivity contribution in [3.8, 4) is 0 Å². The van der Waals surface area contributed by atoms with Gasteiger partial charge < -0.3 is 11.1 Å². The zero-order valence-corrected chi connectivity index (χ0v) is 15.2. The summed E-state index contributed by atoms with van der Waals surface area (Å²) in [7, 11) is 0. The summed E-state index contributed by atoms with van der Waals surface area (Å²) < 4.78 is 0. The van der Waals surface area contributed by atoms with Crippen molar-refractivity contribution in [2.24, 2.45) is 17.6 Å². The first-order chi connectivity index (χ1) is 10.4. The number of nitrogens with one attached hydrogen (secondary N) is 1. The molecule has 0 saturated carbocycles. The molecule has 23 heavy (non-hydrogen) atoms. The van der Waals surface area contributed by atoms with E-state index in [9.17, 15) is 4.79 Å². The molecule has 1 amide bonds. The molecule has 1 aromatic carbocycles. The zero-order valence-electron chi connectivity index (χ0n) is 14.4. The highest BCUT2D eigenvalue weighted by Gasteiger charge is 2.21. The van der Waals surface area contributed by atoms with Crippen LogP contribution in [0, 0.1) is 11.8 Å². The number of nitrogens with zero attached hydrogens (tertiary/aromatic N) is 1. The summed E-state index contributed by atoms with van der Waals surface area (Å²) in [6.07, 6.45) is 1.34. The van der Waals surface area contributed by atoms with Crippen LogP contribution in [0.15, 0.2) is 24.3 Å². The molecule has 1 fully saturated rings. The van der Waals surface area contributed by atoms with E-state index in [1.54, 1.807) is 6.92 Å². The molecule has 4 nitrogen and oxygen atoms in total. The smallest absolute Gasteiger partial charge is 0.236 e. The second-order valence-electron chi connectivity index (χ2n) is 6.96. The van der Waals surface area contributed by atoms with Gasteiger partial charge in [0.15, 0.2) is 0 Å². The molecule has 3 N–H and O–H groups in total. The van der Waals surface area contributed by atoms with Gasteiger partial charge in [0, 0.05) is 26.2 Å². The van der Waals surface area contributed by atoms with Crippen molar-refractivity contribution >= 4 is 18.3 Å². The van der Waals surface area contributed by atoms with E-state index in [1.165, 1.54) is 25.1 Å². The van der Waals surface area contributed by atoms with E-state index in [4.69, 9.17) is 5.73 Å². The molecule has 0 aliphatic carbocycles. The second kappa shape index (κ2) is 9.26. The standard InChI is InChI=1S/C18H29N3O.ClH/c1-13-8-14(2)11-21(10-13)12-17-6-4-16(5-7-17)9-20-18(22)15(3)19;/h4-7,13-15H,8-12,19H2,1-3H3,(H,20,22);1H. The summed E-state index contributed by atoms with van der Waals surface area (Å²) in [5, 5.41) is 2.84. The van der Waals surface area contributed by atoms with Gasteiger partial charge in [-0.15, -0.1) is 12.4 Å². The van der Waals surface area contributed by atoms with Gasteiger partial charge in [-0.3, -0.25) is 9.69 Å². The van der Waals surface area contributed by atoms with Crippen molar-refractivity contribution in [1.29, 1.82) is 0 Å². The largest absolute Gasteiger partial charge is 0.351 e. The van der Waals surface area contributed by atoms with Crippen molar-refractivity contribution in [3.63, 3.8) is 0 Å². The molecular weight excluding hydrogens is 310 g/mol. The number of amides is 1. The normalized spacial score (nSPS) is 23.0. The van der Waals surface area contributed by atoms with Crippen LogP contribution in [-0.2, 0) is 17.9 Å². The van der Waals surface area contributed by atoms with Gasteiger partial charge >= 0.3 is 0 Å². The zero-order chi connectivity index (χ0) is 16.1. The molecule has 1 aromatic rings. The van der Waals surface area contributed by atoms with Gasteiger partial charge in [0.2, 0.25) is 5.91 Å². The third-order valence-electron chi connectivity index (χ3n) is 4.25. The lowest BCUT2D eigenvalue weighted by Crippen LogP contribution is -2.38. The molecule has 2 rings (SSSR count). The monoisotopic (exact) mass is 339 g/mol. The average molecular weight is 340 g/mol. The molecule has 1 aliphatic rings. The van der Waals surface area contributed by atoms with E-state index in [1.807, 2.05) is 0 Å². The summed E-state index contributed by atoms with van der Waals surface area (Å²) >= 11 is 0. The molecule has 3 atom stereocenters. The first-order valence-electron chi connectivity index (χ1n) is 8.27. The number of rotatable bonds is 5. The average Bonchev–Trinajstić information content (AvgIpc) is 2.45. The Kier molecular flexibility index (Phi) is 8.03. The van der Waals surface area contributed by atoms with E-state index in [0.29, 0.717) is 6.54 Å². The molecule has 1 aliphatic heterocycles. The van der Waals surface area contributed by atoms with Crippen LogP contribution in [0.25, 0.3) is 0 Å². The minimum atomic E-state index is -0.456. The minimum Gasteiger partial charge on any atom is -0.351 e. The molecule has 5 heteroatoms. The van der Waals surface area contributed by atoms with Gasteiger partial charge in [0.25, 0.3) is 0 Å². The summed E-state index contributed by atoms with van der Waals surface area (Å²) in [4.78, 5) is 14.0. The number of nitrogens with two attached hydrogens (primary N) is 1. The number of hydrogen-bond donors (Lipinski definition) is 2. The molecule has 1 saturated heterocycles. The number of halogens is 1. The van der Waals surface area contributed by atoms with Crippen LogP contribution in [0.5, 0.6) is 0 Å². The van der Waals surface area contributed by atoms with Gasteiger partial charge in [0.1, 0.15) is 0 Å². The lowest BCUT2D eigenvalue weighted by atomic mass is 9.91. The van der Waals surface area contributed by atoms with Crippen molar-refractivity contribution in [2.75, 3.05) is 13.1 Å². The van der Waals surface area contributed by atoms with Gasteiger partial charge in [-0.05, 0) is 36.3 Å². The Balaban J connectivity index is 0.00000264. The van der Waals surface area contributed by atoms with Gasteiger partial charge in [-0.1, -0.05) is 38.1 Å². The fraction of sp³-hybridized carbons (Fsp3) is 0.611. The molecule has 1 heterocycles.